The van der Waals surface area contributed by atoms with Crippen LogP contribution in [0.25, 0.3) is 0 Å². The summed E-state index contributed by atoms with van der Waals surface area (Å²) in [4.78, 5) is 43.4. The standard InChI is InChI=1S/C20H25N3O6S/c1-5-6-7-12-8-17(24)23-20(21-12)30-11-18(25)22-14-10-16(28-3)15(27-2)9-13(14)19(26)29-4/h8-10H,5-7,11H2,1-4H3,(H,22,25)(H,21,23,24). The zero-order chi connectivity index (χ0) is 22.1. The molecule has 0 bridgehead atoms. The van der Waals surface area contributed by atoms with Crippen molar-refractivity contribution >= 4 is 29.3 Å². The van der Waals surface area contributed by atoms with Crippen LogP contribution in [0.3, 0.4) is 0 Å². The van der Waals surface area contributed by atoms with Gasteiger partial charge in [0.1, 0.15) is 0 Å². The van der Waals surface area contributed by atoms with Crippen LogP contribution in [0.15, 0.2) is 28.2 Å². The Labute approximate surface area is 178 Å². The highest BCUT2D eigenvalue weighted by Crippen LogP contribution is 2.34. The van der Waals surface area contributed by atoms with Crippen LogP contribution in [-0.4, -0.2) is 48.9 Å². The van der Waals surface area contributed by atoms with Gasteiger partial charge in [0.2, 0.25) is 5.91 Å². The molecule has 0 aliphatic carbocycles. The molecule has 0 unspecified atom stereocenters. The van der Waals surface area contributed by atoms with Crippen molar-refractivity contribution in [1.82, 2.24) is 9.97 Å². The number of esters is 1. The number of aryl methyl sites for hydroxylation is 1. The zero-order valence-corrected chi connectivity index (χ0v) is 18.2. The lowest BCUT2D eigenvalue weighted by molar-refractivity contribution is -0.113. The number of aromatic nitrogens is 2. The second kappa shape index (κ2) is 11.2. The molecule has 2 aromatic rings. The van der Waals surface area contributed by atoms with Crippen molar-refractivity contribution in [3.63, 3.8) is 0 Å². The van der Waals surface area contributed by atoms with Crippen LogP contribution in [0.2, 0.25) is 0 Å². The number of nitrogens with zero attached hydrogens (tertiary/aromatic N) is 1. The summed E-state index contributed by atoms with van der Waals surface area (Å²) >= 11 is 1.10. The van der Waals surface area contributed by atoms with Crippen molar-refractivity contribution in [2.24, 2.45) is 0 Å². The molecule has 10 heteroatoms. The van der Waals surface area contributed by atoms with Crippen molar-refractivity contribution < 1.29 is 23.8 Å². The monoisotopic (exact) mass is 435 g/mol. The van der Waals surface area contributed by atoms with E-state index in [1.807, 2.05) is 0 Å². The Hall–Kier alpha value is -3.01. The summed E-state index contributed by atoms with van der Waals surface area (Å²) < 4.78 is 15.2. The number of carbonyl (C=O) groups is 2. The first-order chi connectivity index (χ1) is 14.4. The number of rotatable bonds is 10. The van der Waals surface area contributed by atoms with Gasteiger partial charge in [-0.1, -0.05) is 25.1 Å². The smallest absolute Gasteiger partial charge is 0.340 e. The Morgan fingerprint density at radius 3 is 2.47 bits per heavy atom. The third kappa shape index (κ3) is 6.24. The summed E-state index contributed by atoms with van der Waals surface area (Å²) in [7, 11) is 4.13. The number of hydrogen-bond acceptors (Lipinski definition) is 8. The molecule has 1 aromatic carbocycles. The number of methoxy groups -OCH3 is 3. The highest BCUT2D eigenvalue weighted by Gasteiger charge is 2.19. The number of hydrogen-bond donors (Lipinski definition) is 2. The highest BCUT2D eigenvalue weighted by molar-refractivity contribution is 7.99. The number of ether oxygens (including phenoxy) is 3. The highest BCUT2D eigenvalue weighted by atomic mass is 32.2. The molecule has 30 heavy (non-hydrogen) atoms. The Morgan fingerprint density at radius 2 is 1.83 bits per heavy atom. The van der Waals surface area contributed by atoms with Crippen LogP contribution in [0.4, 0.5) is 5.69 Å². The number of carbonyl (C=O) groups excluding carboxylic acids is 2. The summed E-state index contributed by atoms with van der Waals surface area (Å²) in [6.07, 6.45) is 2.62. The maximum Gasteiger partial charge on any atom is 0.340 e. The molecule has 2 rings (SSSR count). The van der Waals surface area contributed by atoms with E-state index >= 15 is 0 Å². The van der Waals surface area contributed by atoms with Crippen LogP contribution in [0.1, 0.15) is 35.8 Å². The summed E-state index contributed by atoms with van der Waals surface area (Å²) in [5.74, 6) is -0.360. The van der Waals surface area contributed by atoms with Gasteiger partial charge in [0.05, 0.1) is 38.3 Å². The predicted octanol–water partition coefficient (Wildman–Crippen LogP) is 2.65. The van der Waals surface area contributed by atoms with Crippen molar-refractivity contribution in [2.75, 3.05) is 32.4 Å². The van der Waals surface area contributed by atoms with Gasteiger partial charge in [0.15, 0.2) is 16.7 Å². The Bertz CT molecular complexity index is 960. The van der Waals surface area contributed by atoms with E-state index in [4.69, 9.17) is 14.2 Å². The van der Waals surface area contributed by atoms with E-state index in [2.05, 4.69) is 22.2 Å². The molecule has 1 aromatic heterocycles. The third-order valence-electron chi connectivity index (χ3n) is 4.10. The van der Waals surface area contributed by atoms with Crippen LogP contribution in [0.5, 0.6) is 11.5 Å². The van der Waals surface area contributed by atoms with Crippen molar-refractivity contribution in [2.45, 2.75) is 31.3 Å². The Kier molecular flexibility index (Phi) is 8.72. The molecule has 0 saturated carbocycles. The van der Waals surface area contributed by atoms with Crippen LogP contribution < -0.4 is 20.3 Å². The first-order valence-corrected chi connectivity index (χ1v) is 10.3. The molecule has 9 nitrogen and oxygen atoms in total. The van der Waals surface area contributed by atoms with Crippen molar-refractivity contribution in [3.05, 3.63) is 39.8 Å². The van der Waals surface area contributed by atoms with Gasteiger partial charge in [-0.2, -0.15) is 0 Å². The van der Waals surface area contributed by atoms with E-state index in [1.165, 1.54) is 39.5 Å². The summed E-state index contributed by atoms with van der Waals surface area (Å²) in [5.41, 5.74) is 0.785. The molecule has 2 N–H and O–H groups in total. The Balaban J connectivity index is 2.15. The molecular formula is C20H25N3O6S. The fourth-order valence-corrected chi connectivity index (χ4v) is 3.31. The second-order valence-electron chi connectivity index (χ2n) is 6.23. The van der Waals surface area contributed by atoms with E-state index in [9.17, 15) is 14.4 Å². The van der Waals surface area contributed by atoms with Gasteiger partial charge < -0.3 is 24.5 Å². The topological polar surface area (TPSA) is 120 Å². The average Bonchev–Trinajstić information content (AvgIpc) is 2.75. The summed E-state index contributed by atoms with van der Waals surface area (Å²) in [6.45, 7) is 2.06. The number of aromatic amines is 1. The fourth-order valence-electron chi connectivity index (χ4n) is 2.62. The molecule has 0 radical (unpaired) electrons. The van der Waals surface area contributed by atoms with Gasteiger partial charge in [-0.3, -0.25) is 9.59 Å². The van der Waals surface area contributed by atoms with E-state index in [0.29, 0.717) is 28.8 Å². The lowest BCUT2D eigenvalue weighted by atomic mass is 10.1. The normalized spacial score (nSPS) is 10.4. The van der Waals surface area contributed by atoms with Gasteiger partial charge >= 0.3 is 5.97 Å². The van der Waals surface area contributed by atoms with Gasteiger partial charge in [-0.25, -0.2) is 9.78 Å². The Morgan fingerprint density at radius 1 is 1.13 bits per heavy atom. The quantitative estimate of drug-likeness (QED) is 0.332. The minimum absolute atomic E-state index is 0.0187. The molecule has 1 heterocycles. The number of amides is 1. The van der Waals surface area contributed by atoms with Crippen LogP contribution >= 0.6 is 11.8 Å². The molecule has 0 spiro atoms. The van der Waals surface area contributed by atoms with E-state index in [-0.39, 0.29) is 28.5 Å². The first-order valence-electron chi connectivity index (χ1n) is 9.29. The summed E-state index contributed by atoms with van der Waals surface area (Å²) in [6, 6.07) is 4.38. The molecule has 0 saturated heterocycles. The van der Waals surface area contributed by atoms with E-state index < -0.39 is 5.97 Å². The minimum atomic E-state index is -0.631. The molecule has 0 aliphatic rings. The van der Waals surface area contributed by atoms with Crippen molar-refractivity contribution in [1.29, 1.82) is 0 Å². The second-order valence-corrected chi connectivity index (χ2v) is 7.19. The van der Waals surface area contributed by atoms with Gasteiger partial charge in [0, 0.05) is 23.9 Å². The molecule has 1 amide bonds. The summed E-state index contributed by atoms with van der Waals surface area (Å²) in [5, 5.41) is 3.03. The maximum absolute atomic E-state index is 12.5. The van der Waals surface area contributed by atoms with E-state index in [1.54, 1.807) is 0 Å². The minimum Gasteiger partial charge on any atom is -0.493 e. The number of anilines is 1. The van der Waals surface area contributed by atoms with E-state index in [0.717, 1.165) is 24.6 Å². The number of thioether (sulfide) groups is 1. The number of H-pyrrole nitrogens is 1. The predicted molar refractivity (Wildman–Crippen MR) is 114 cm³/mol. The molecule has 0 aliphatic heterocycles. The fraction of sp³-hybridized carbons (Fsp3) is 0.400. The average molecular weight is 436 g/mol. The lowest BCUT2D eigenvalue weighted by Crippen LogP contribution is -2.18. The largest absolute Gasteiger partial charge is 0.493 e. The molecule has 0 fully saturated rings. The number of nitrogens with one attached hydrogen (secondary N) is 2. The van der Waals surface area contributed by atoms with Crippen LogP contribution in [-0.2, 0) is 16.0 Å². The zero-order valence-electron chi connectivity index (χ0n) is 17.4. The molecular weight excluding hydrogens is 410 g/mol. The van der Waals surface area contributed by atoms with Gasteiger partial charge in [0.25, 0.3) is 5.56 Å². The lowest BCUT2D eigenvalue weighted by Gasteiger charge is -2.14. The molecule has 162 valence electrons. The van der Waals surface area contributed by atoms with Crippen molar-refractivity contribution in [3.8, 4) is 11.5 Å². The third-order valence-corrected chi connectivity index (χ3v) is 4.98. The number of unbranched alkanes of at least 4 members (excludes halogenated alkanes) is 1. The van der Waals surface area contributed by atoms with Gasteiger partial charge in [-0.05, 0) is 12.8 Å². The van der Waals surface area contributed by atoms with Gasteiger partial charge in [-0.15, -0.1) is 0 Å². The van der Waals surface area contributed by atoms with Crippen LogP contribution in [0, 0.1) is 0 Å². The maximum atomic E-state index is 12.5. The SMILES string of the molecule is CCCCc1cc(=O)[nH]c(SCC(=O)Nc2cc(OC)c(OC)cc2C(=O)OC)n1. The number of benzene rings is 1. The molecule has 0 atom stereocenters. The first kappa shape index (κ1) is 23.3.